The number of pyridine rings is 1. The van der Waals surface area contributed by atoms with E-state index in [-0.39, 0.29) is 5.91 Å². The Hall–Kier alpha value is -0.420. The van der Waals surface area contributed by atoms with Crippen LogP contribution in [0.1, 0.15) is 12.0 Å². The Balaban J connectivity index is 2.30. The van der Waals surface area contributed by atoms with Gasteiger partial charge in [-0.2, -0.15) is 0 Å². The number of hydrogen-bond acceptors (Lipinski definition) is 2. The first-order chi connectivity index (χ1) is 7.61. The molecule has 1 aliphatic rings. The summed E-state index contributed by atoms with van der Waals surface area (Å²) in [6.45, 7) is 2.75. The van der Waals surface area contributed by atoms with E-state index in [1.54, 1.807) is 6.20 Å². The van der Waals surface area contributed by atoms with Crippen molar-refractivity contribution in [2.45, 2.75) is 13.3 Å². The molecule has 2 heterocycles. The third-order valence-corrected chi connectivity index (χ3v) is 4.20. The average molecular weight is 348 g/mol. The smallest absolute Gasteiger partial charge is 0.227 e. The van der Waals surface area contributed by atoms with Gasteiger partial charge in [-0.25, -0.2) is 4.98 Å². The molecule has 0 radical (unpaired) electrons. The molecule has 0 saturated carbocycles. The highest BCUT2D eigenvalue weighted by Crippen LogP contribution is 2.31. The standard InChI is InChI=1S/C11H12Br2N2O/c1-7-2-9(11(13)14-5-7)15-6-8(4-12)3-10(15)16/h2,5,8H,3-4,6H2,1H3. The number of carbonyl (C=O) groups is 1. The number of halogens is 2. The maximum absolute atomic E-state index is 11.9. The lowest BCUT2D eigenvalue weighted by Gasteiger charge is -2.17. The van der Waals surface area contributed by atoms with E-state index in [9.17, 15) is 4.79 Å². The van der Waals surface area contributed by atoms with Crippen LogP contribution in [-0.4, -0.2) is 22.8 Å². The fraction of sp³-hybridized carbons (Fsp3) is 0.455. The summed E-state index contributed by atoms with van der Waals surface area (Å²) in [5.41, 5.74) is 1.95. The van der Waals surface area contributed by atoms with E-state index in [0.717, 1.165) is 27.7 Å². The van der Waals surface area contributed by atoms with Crippen LogP contribution in [0, 0.1) is 12.8 Å². The molecule has 2 rings (SSSR count). The zero-order valence-corrected chi connectivity index (χ0v) is 12.1. The fourth-order valence-corrected chi connectivity index (χ4v) is 2.71. The van der Waals surface area contributed by atoms with Crippen LogP contribution in [0.5, 0.6) is 0 Å². The van der Waals surface area contributed by atoms with E-state index < -0.39 is 0 Å². The molecule has 1 unspecified atom stereocenters. The van der Waals surface area contributed by atoms with E-state index in [1.807, 2.05) is 17.9 Å². The Bertz CT molecular complexity index is 422. The van der Waals surface area contributed by atoms with Gasteiger partial charge in [0.25, 0.3) is 0 Å². The summed E-state index contributed by atoms with van der Waals surface area (Å²) in [4.78, 5) is 17.9. The van der Waals surface area contributed by atoms with Crippen molar-refractivity contribution in [3.05, 3.63) is 22.4 Å². The summed E-state index contributed by atoms with van der Waals surface area (Å²) >= 11 is 6.82. The normalized spacial score (nSPS) is 20.6. The van der Waals surface area contributed by atoms with E-state index in [2.05, 4.69) is 36.8 Å². The molecule has 0 spiro atoms. The molecular formula is C11H12Br2N2O. The average Bonchev–Trinajstić information content (AvgIpc) is 2.63. The molecule has 16 heavy (non-hydrogen) atoms. The SMILES string of the molecule is Cc1cnc(Br)c(N2CC(CBr)CC2=O)c1. The highest BCUT2D eigenvalue weighted by Gasteiger charge is 2.31. The van der Waals surface area contributed by atoms with E-state index in [1.165, 1.54) is 0 Å². The summed E-state index contributed by atoms with van der Waals surface area (Å²) in [5, 5.41) is 0.867. The minimum atomic E-state index is 0.178. The van der Waals surface area contributed by atoms with Crippen LogP contribution < -0.4 is 4.90 Å². The second-order valence-corrected chi connectivity index (χ2v) is 5.45. The molecule has 0 bridgehead atoms. The van der Waals surface area contributed by atoms with Gasteiger partial charge in [0.1, 0.15) is 4.60 Å². The quantitative estimate of drug-likeness (QED) is 0.608. The van der Waals surface area contributed by atoms with E-state index in [0.29, 0.717) is 12.3 Å². The van der Waals surface area contributed by atoms with Crippen molar-refractivity contribution in [1.29, 1.82) is 0 Å². The maximum atomic E-state index is 11.9. The molecule has 1 atom stereocenters. The molecule has 1 saturated heterocycles. The second kappa shape index (κ2) is 4.84. The number of aromatic nitrogens is 1. The number of carbonyl (C=O) groups excluding carboxylic acids is 1. The molecule has 1 aromatic heterocycles. The van der Waals surface area contributed by atoms with Crippen molar-refractivity contribution in [3.8, 4) is 0 Å². The molecule has 0 N–H and O–H groups in total. The Morgan fingerprint density at radius 1 is 1.62 bits per heavy atom. The van der Waals surface area contributed by atoms with Gasteiger partial charge in [-0.05, 0) is 40.4 Å². The summed E-state index contributed by atoms with van der Waals surface area (Å²) in [6.07, 6.45) is 2.40. The Kier molecular flexibility index (Phi) is 3.64. The number of anilines is 1. The summed E-state index contributed by atoms with van der Waals surface area (Å²) in [5.74, 6) is 0.581. The summed E-state index contributed by atoms with van der Waals surface area (Å²) < 4.78 is 0.738. The fourth-order valence-electron chi connectivity index (χ4n) is 1.84. The minimum Gasteiger partial charge on any atom is -0.310 e. The van der Waals surface area contributed by atoms with Crippen LogP contribution in [-0.2, 0) is 4.79 Å². The first-order valence-electron chi connectivity index (χ1n) is 5.10. The third kappa shape index (κ3) is 2.30. The van der Waals surface area contributed by atoms with Crippen molar-refractivity contribution in [2.75, 3.05) is 16.8 Å². The van der Waals surface area contributed by atoms with Gasteiger partial charge in [0.05, 0.1) is 5.69 Å². The number of rotatable bonds is 2. The number of nitrogens with zero attached hydrogens (tertiary/aromatic N) is 2. The van der Waals surface area contributed by atoms with Crippen molar-refractivity contribution in [3.63, 3.8) is 0 Å². The third-order valence-electron chi connectivity index (χ3n) is 2.67. The largest absolute Gasteiger partial charge is 0.310 e. The van der Waals surface area contributed by atoms with Crippen LogP contribution in [0.25, 0.3) is 0 Å². The zero-order chi connectivity index (χ0) is 11.7. The Morgan fingerprint density at radius 2 is 2.38 bits per heavy atom. The molecular weight excluding hydrogens is 336 g/mol. The Labute approximate surface area is 111 Å². The highest BCUT2D eigenvalue weighted by molar-refractivity contribution is 9.10. The monoisotopic (exact) mass is 346 g/mol. The summed E-state index contributed by atoms with van der Waals surface area (Å²) in [7, 11) is 0. The van der Waals surface area contributed by atoms with Crippen LogP contribution in [0.2, 0.25) is 0 Å². The highest BCUT2D eigenvalue weighted by atomic mass is 79.9. The lowest BCUT2D eigenvalue weighted by atomic mass is 10.2. The molecule has 3 nitrogen and oxygen atoms in total. The van der Waals surface area contributed by atoms with Gasteiger partial charge in [0.2, 0.25) is 5.91 Å². The van der Waals surface area contributed by atoms with Gasteiger partial charge in [-0.15, -0.1) is 0 Å². The van der Waals surface area contributed by atoms with Gasteiger partial charge >= 0.3 is 0 Å². The molecule has 1 fully saturated rings. The lowest BCUT2D eigenvalue weighted by Crippen LogP contribution is -2.25. The van der Waals surface area contributed by atoms with Crippen LogP contribution in [0.4, 0.5) is 5.69 Å². The predicted molar refractivity (Wildman–Crippen MR) is 70.9 cm³/mol. The topological polar surface area (TPSA) is 33.2 Å². The maximum Gasteiger partial charge on any atom is 0.227 e. The first kappa shape index (κ1) is 12.0. The van der Waals surface area contributed by atoms with Gasteiger partial charge in [0, 0.05) is 24.5 Å². The van der Waals surface area contributed by atoms with Crippen molar-refractivity contribution in [2.24, 2.45) is 5.92 Å². The van der Waals surface area contributed by atoms with Crippen LogP contribution >= 0.6 is 31.9 Å². The predicted octanol–water partition coefficient (Wildman–Crippen LogP) is 2.90. The lowest BCUT2D eigenvalue weighted by molar-refractivity contribution is -0.117. The van der Waals surface area contributed by atoms with E-state index in [4.69, 9.17) is 0 Å². The second-order valence-electron chi connectivity index (χ2n) is 4.05. The first-order valence-corrected chi connectivity index (χ1v) is 7.01. The molecule has 1 amide bonds. The number of amides is 1. The number of aryl methyl sites for hydroxylation is 1. The van der Waals surface area contributed by atoms with Crippen molar-refractivity contribution in [1.82, 2.24) is 4.98 Å². The molecule has 0 aromatic carbocycles. The molecule has 0 aliphatic carbocycles. The van der Waals surface area contributed by atoms with Crippen LogP contribution in [0.15, 0.2) is 16.9 Å². The van der Waals surface area contributed by atoms with Crippen molar-refractivity contribution < 1.29 is 4.79 Å². The summed E-state index contributed by atoms with van der Waals surface area (Å²) in [6, 6.07) is 1.99. The van der Waals surface area contributed by atoms with Crippen molar-refractivity contribution >= 4 is 43.5 Å². The molecule has 86 valence electrons. The van der Waals surface area contributed by atoms with Gasteiger partial charge in [0.15, 0.2) is 0 Å². The van der Waals surface area contributed by atoms with Gasteiger partial charge < -0.3 is 4.90 Å². The molecule has 1 aliphatic heterocycles. The Morgan fingerprint density at radius 3 is 3.00 bits per heavy atom. The number of hydrogen-bond donors (Lipinski definition) is 0. The van der Waals surface area contributed by atoms with Gasteiger partial charge in [-0.1, -0.05) is 15.9 Å². The molecule has 1 aromatic rings. The van der Waals surface area contributed by atoms with Gasteiger partial charge in [-0.3, -0.25) is 4.79 Å². The zero-order valence-electron chi connectivity index (χ0n) is 8.91. The molecule has 5 heteroatoms. The number of alkyl halides is 1. The minimum absolute atomic E-state index is 0.178. The van der Waals surface area contributed by atoms with E-state index >= 15 is 0 Å². The van der Waals surface area contributed by atoms with Crippen LogP contribution in [0.3, 0.4) is 0 Å².